The van der Waals surface area contributed by atoms with Crippen LogP contribution in [-0.2, 0) is 6.54 Å². The Morgan fingerprint density at radius 3 is 2.88 bits per heavy atom. The Hall–Kier alpha value is -1.13. The number of nitrogens with one attached hydrogen (secondary N) is 1. The Morgan fingerprint density at radius 2 is 2.19 bits per heavy atom. The lowest BCUT2D eigenvalue weighted by Crippen LogP contribution is -2.06. The number of halogens is 1. The third kappa shape index (κ3) is 2.51. The van der Waals surface area contributed by atoms with E-state index in [1.54, 1.807) is 0 Å². The summed E-state index contributed by atoms with van der Waals surface area (Å²) in [4.78, 5) is 0. The number of hydrogen-bond donors (Lipinski definition) is 1. The van der Waals surface area contributed by atoms with E-state index in [0.29, 0.717) is 0 Å². The van der Waals surface area contributed by atoms with Crippen LogP contribution in [0.3, 0.4) is 0 Å². The molecule has 0 unspecified atom stereocenters. The minimum absolute atomic E-state index is 0.792. The van der Waals surface area contributed by atoms with E-state index < -0.39 is 0 Å². The van der Waals surface area contributed by atoms with Gasteiger partial charge in [0.05, 0.1) is 11.4 Å². The first-order valence-electron chi connectivity index (χ1n) is 5.16. The number of hydrogen-bond acceptors (Lipinski definition) is 2. The summed E-state index contributed by atoms with van der Waals surface area (Å²) in [5, 5.41) is 7.57. The highest BCUT2D eigenvalue weighted by atomic mass is 79.9. The first-order valence-corrected chi connectivity index (χ1v) is 5.95. The van der Waals surface area contributed by atoms with Crippen molar-refractivity contribution < 1.29 is 0 Å². The zero-order valence-electron chi connectivity index (χ0n) is 9.37. The SMILES string of the molecule is CNCc1ccn(-c2cc(C)cc(Br)c2)n1. The largest absolute Gasteiger partial charge is 0.314 e. The smallest absolute Gasteiger partial charge is 0.0766 e. The molecule has 1 aromatic carbocycles. The molecular formula is C12H14BrN3. The number of aryl methyl sites for hydroxylation is 1. The van der Waals surface area contributed by atoms with Crippen molar-refractivity contribution in [2.75, 3.05) is 7.05 Å². The van der Waals surface area contributed by atoms with E-state index in [2.05, 4.69) is 51.5 Å². The predicted octanol–water partition coefficient (Wildman–Crippen LogP) is 2.66. The zero-order chi connectivity index (χ0) is 11.5. The quantitative estimate of drug-likeness (QED) is 0.936. The van der Waals surface area contributed by atoms with Crippen LogP contribution in [0.4, 0.5) is 0 Å². The van der Waals surface area contributed by atoms with Gasteiger partial charge in [-0.15, -0.1) is 0 Å². The summed E-state index contributed by atoms with van der Waals surface area (Å²) in [7, 11) is 1.92. The fourth-order valence-electron chi connectivity index (χ4n) is 1.63. The van der Waals surface area contributed by atoms with Gasteiger partial charge in [0, 0.05) is 17.2 Å². The first kappa shape index (κ1) is 11.4. The molecule has 16 heavy (non-hydrogen) atoms. The number of benzene rings is 1. The van der Waals surface area contributed by atoms with Crippen LogP contribution >= 0.6 is 15.9 Å². The summed E-state index contributed by atoms with van der Waals surface area (Å²) in [5.74, 6) is 0. The van der Waals surface area contributed by atoms with Crippen LogP contribution in [0.2, 0.25) is 0 Å². The van der Waals surface area contributed by atoms with E-state index in [4.69, 9.17) is 0 Å². The third-order valence-electron chi connectivity index (χ3n) is 2.29. The van der Waals surface area contributed by atoms with Gasteiger partial charge in [0.1, 0.15) is 0 Å². The highest BCUT2D eigenvalue weighted by molar-refractivity contribution is 9.10. The molecule has 1 N–H and O–H groups in total. The lowest BCUT2D eigenvalue weighted by molar-refractivity contribution is 0.756. The summed E-state index contributed by atoms with van der Waals surface area (Å²) in [6, 6.07) is 8.28. The first-order chi connectivity index (χ1) is 7.69. The minimum Gasteiger partial charge on any atom is -0.314 e. The van der Waals surface area contributed by atoms with Crippen LogP contribution in [0.25, 0.3) is 5.69 Å². The lowest BCUT2D eigenvalue weighted by atomic mass is 10.2. The van der Waals surface area contributed by atoms with E-state index in [-0.39, 0.29) is 0 Å². The summed E-state index contributed by atoms with van der Waals surface area (Å²) >= 11 is 3.49. The second-order valence-corrected chi connectivity index (χ2v) is 4.68. The Labute approximate surface area is 104 Å². The van der Waals surface area contributed by atoms with Crippen LogP contribution in [0.1, 0.15) is 11.3 Å². The van der Waals surface area contributed by atoms with Gasteiger partial charge in [0.25, 0.3) is 0 Å². The molecular weight excluding hydrogens is 266 g/mol. The van der Waals surface area contributed by atoms with Gasteiger partial charge in [0.15, 0.2) is 0 Å². The monoisotopic (exact) mass is 279 g/mol. The summed E-state index contributed by atoms with van der Waals surface area (Å²) in [6.07, 6.45) is 1.98. The highest BCUT2D eigenvalue weighted by Crippen LogP contribution is 2.18. The van der Waals surface area contributed by atoms with Gasteiger partial charge in [-0.05, 0) is 43.8 Å². The van der Waals surface area contributed by atoms with Crippen molar-refractivity contribution in [3.63, 3.8) is 0 Å². The average molecular weight is 280 g/mol. The molecule has 0 bridgehead atoms. The molecule has 1 heterocycles. The molecule has 0 radical (unpaired) electrons. The molecule has 0 aliphatic heterocycles. The Balaban J connectivity index is 2.34. The maximum Gasteiger partial charge on any atom is 0.0766 e. The summed E-state index contributed by atoms with van der Waals surface area (Å²) in [6.45, 7) is 2.87. The fraction of sp³-hybridized carbons (Fsp3) is 0.250. The summed E-state index contributed by atoms with van der Waals surface area (Å²) < 4.78 is 2.97. The van der Waals surface area contributed by atoms with E-state index >= 15 is 0 Å². The lowest BCUT2D eigenvalue weighted by Gasteiger charge is -2.04. The molecule has 84 valence electrons. The van der Waals surface area contributed by atoms with Crippen molar-refractivity contribution in [3.8, 4) is 5.69 Å². The molecule has 3 nitrogen and oxygen atoms in total. The minimum atomic E-state index is 0.792. The number of rotatable bonds is 3. The average Bonchev–Trinajstić information content (AvgIpc) is 2.65. The molecule has 0 amide bonds. The molecule has 0 saturated carbocycles. The predicted molar refractivity (Wildman–Crippen MR) is 68.8 cm³/mol. The van der Waals surface area contributed by atoms with E-state index in [1.807, 2.05) is 24.0 Å². The molecule has 0 aliphatic carbocycles. The van der Waals surface area contributed by atoms with Crippen molar-refractivity contribution >= 4 is 15.9 Å². The molecule has 0 atom stereocenters. The molecule has 4 heteroatoms. The van der Waals surface area contributed by atoms with Gasteiger partial charge in [-0.3, -0.25) is 0 Å². The van der Waals surface area contributed by atoms with Crippen molar-refractivity contribution in [3.05, 3.63) is 46.2 Å². The Kier molecular flexibility index (Phi) is 3.41. The third-order valence-corrected chi connectivity index (χ3v) is 2.75. The molecule has 2 rings (SSSR count). The van der Waals surface area contributed by atoms with Gasteiger partial charge >= 0.3 is 0 Å². The summed E-state index contributed by atoms with van der Waals surface area (Å²) in [5.41, 5.74) is 3.34. The Morgan fingerprint density at radius 1 is 1.38 bits per heavy atom. The molecule has 0 aliphatic rings. The van der Waals surface area contributed by atoms with Crippen LogP contribution in [0, 0.1) is 6.92 Å². The van der Waals surface area contributed by atoms with Gasteiger partial charge in [-0.25, -0.2) is 4.68 Å². The molecule has 0 saturated heterocycles. The van der Waals surface area contributed by atoms with Gasteiger partial charge in [0.2, 0.25) is 0 Å². The van der Waals surface area contributed by atoms with Crippen LogP contribution < -0.4 is 5.32 Å². The maximum atomic E-state index is 4.49. The van der Waals surface area contributed by atoms with Crippen molar-refractivity contribution in [2.45, 2.75) is 13.5 Å². The van der Waals surface area contributed by atoms with Crippen molar-refractivity contribution in [1.82, 2.24) is 15.1 Å². The van der Waals surface area contributed by atoms with Crippen LogP contribution in [0.15, 0.2) is 34.9 Å². The van der Waals surface area contributed by atoms with Gasteiger partial charge in [-0.1, -0.05) is 15.9 Å². The molecule has 0 fully saturated rings. The number of nitrogens with zero attached hydrogens (tertiary/aromatic N) is 2. The second kappa shape index (κ2) is 4.80. The maximum absolute atomic E-state index is 4.49. The van der Waals surface area contributed by atoms with E-state index in [1.165, 1.54) is 5.56 Å². The van der Waals surface area contributed by atoms with E-state index in [9.17, 15) is 0 Å². The second-order valence-electron chi connectivity index (χ2n) is 3.77. The van der Waals surface area contributed by atoms with Crippen LogP contribution in [-0.4, -0.2) is 16.8 Å². The zero-order valence-corrected chi connectivity index (χ0v) is 11.0. The Bertz CT molecular complexity index is 471. The van der Waals surface area contributed by atoms with Gasteiger partial charge < -0.3 is 5.32 Å². The molecule has 2 aromatic rings. The highest BCUT2D eigenvalue weighted by Gasteiger charge is 2.02. The molecule has 0 spiro atoms. The van der Waals surface area contributed by atoms with Crippen molar-refractivity contribution in [1.29, 1.82) is 0 Å². The standard InChI is InChI=1S/C12H14BrN3/c1-9-5-10(13)7-12(6-9)16-4-3-11(15-16)8-14-2/h3-7,14H,8H2,1-2H3. The fourth-order valence-corrected chi connectivity index (χ4v) is 2.23. The van der Waals surface area contributed by atoms with Crippen LogP contribution in [0.5, 0.6) is 0 Å². The molecule has 1 aromatic heterocycles. The normalized spacial score (nSPS) is 10.7. The van der Waals surface area contributed by atoms with E-state index in [0.717, 1.165) is 22.4 Å². The number of aromatic nitrogens is 2. The van der Waals surface area contributed by atoms with Crippen molar-refractivity contribution in [2.24, 2.45) is 0 Å². The topological polar surface area (TPSA) is 29.9 Å². The van der Waals surface area contributed by atoms with Gasteiger partial charge in [-0.2, -0.15) is 5.10 Å².